The lowest BCUT2D eigenvalue weighted by Crippen LogP contribution is -2.44. The van der Waals surface area contributed by atoms with Crippen molar-refractivity contribution in [2.45, 2.75) is 45.1 Å². The van der Waals surface area contributed by atoms with E-state index < -0.39 is 42.9 Å². The molecule has 10 nitrogen and oxygen atoms in total. The Labute approximate surface area is 206 Å². The molecule has 190 valence electrons. The SMILES string of the molecule is Cc1cc2nc(C(=O)NCCc3cc4ccccc4[nH]3)c(=O)n(C[C@H](O)[C@H](O)[C@H](O)CO)c2cc1C. The number of aliphatic hydroxyl groups excluding tert-OH is 4. The highest BCUT2D eigenvalue weighted by Crippen LogP contribution is 2.18. The van der Waals surface area contributed by atoms with Gasteiger partial charge in [0.25, 0.3) is 11.5 Å². The number of rotatable bonds is 9. The summed E-state index contributed by atoms with van der Waals surface area (Å²) in [6, 6.07) is 13.3. The quantitative estimate of drug-likeness (QED) is 0.198. The number of aliphatic hydroxyl groups is 4. The van der Waals surface area contributed by atoms with Crippen molar-refractivity contribution < 1.29 is 25.2 Å². The number of carbonyl (C=O) groups is 1. The second-order valence-corrected chi connectivity index (χ2v) is 9.00. The fourth-order valence-corrected chi connectivity index (χ4v) is 4.15. The minimum Gasteiger partial charge on any atom is -0.394 e. The molecule has 0 aliphatic rings. The third kappa shape index (κ3) is 5.17. The third-order valence-electron chi connectivity index (χ3n) is 6.39. The van der Waals surface area contributed by atoms with Crippen LogP contribution in [0, 0.1) is 13.8 Å². The molecule has 0 unspecified atom stereocenters. The molecule has 0 radical (unpaired) electrons. The zero-order valence-corrected chi connectivity index (χ0v) is 20.1. The van der Waals surface area contributed by atoms with Crippen LogP contribution in [0.1, 0.15) is 27.3 Å². The first kappa shape index (κ1) is 25.5. The molecule has 1 amide bonds. The largest absolute Gasteiger partial charge is 0.394 e. The van der Waals surface area contributed by atoms with Gasteiger partial charge in [0, 0.05) is 24.2 Å². The number of nitrogens with one attached hydrogen (secondary N) is 2. The number of benzene rings is 2. The highest BCUT2D eigenvalue weighted by molar-refractivity contribution is 5.94. The number of aryl methyl sites for hydroxylation is 2. The van der Waals surface area contributed by atoms with E-state index in [1.54, 1.807) is 12.1 Å². The first-order chi connectivity index (χ1) is 17.2. The molecule has 0 saturated heterocycles. The summed E-state index contributed by atoms with van der Waals surface area (Å²) < 4.78 is 1.17. The lowest BCUT2D eigenvalue weighted by Gasteiger charge is -2.23. The fraction of sp³-hybridized carbons (Fsp3) is 0.346. The van der Waals surface area contributed by atoms with Gasteiger partial charge in [-0.25, -0.2) is 4.98 Å². The zero-order valence-electron chi connectivity index (χ0n) is 20.1. The second kappa shape index (κ2) is 10.6. The molecular weight excluding hydrogens is 464 g/mol. The van der Waals surface area contributed by atoms with Crippen LogP contribution in [0.5, 0.6) is 0 Å². The van der Waals surface area contributed by atoms with Crippen LogP contribution in [0.25, 0.3) is 21.9 Å². The minimum atomic E-state index is -1.69. The fourth-order valence-electron chi connectivity index (χ4n) is 4.15. The van der Waals surface area contributed by atoms with Gasteiger partial charge in [0.15, 0.2) is 5.69 Å². The predicted molar refractivity (Wildman–Crippen MR) is 135 cm³/mol. The highest BCUT2D eigenvalue weighted by Gasteiger charge is 2.27. The maximum atomic E-state index is 13.3. The molecule has 3 atom stereocenters. The Morgan fingerprint density at radius 2 is 1.81 bits per heavy atom. The summed E-state index contributed by atoms with van der Waals surface area (Å²) in [5, 5.41) is 43.1. The van der Waals surface area contributed by atoms with Gasteiger partial charge in [-0.2, -0.15) is 0 Å². The lowest BCUT2D eigenvalue weighted by atomic mass is 10.1. The van der Waals surface area contributed by atoms with Gasteiger partial charge in [-0.15, -0.1) is 0 Å². The Balaban J connectivity index is 1.61. The molecule has 4 rings (SSSR count). The van der Waals surface area contributed by atoms with Crippen molar-refractivity contribution >= 4 is 27.8 Å². The summed E-state index contributed by atoms with van der Waals surface area (Å²) in [5.74, 6) is -0.657. The molecular formula is C26H30N4O6. The van der Waals surface area contributed by atoms with Gasteiger partial charge in [0.1, 0.15) is 18.3 Å². The molecule has 2 aromatic carbocycles. The summed E-state index contributed by atoms with van der Waals surface area (Å²) in [6.07, 6.45) is -4.33. The highest BCUT2D eigenvalue weighted by atomic mass is 16.4. The van der Waals surface area contributed by atoms with Gasteiger partial charge in [-0.05, 0) is 54.6 Å². The maximum absolute atomic E-state index is 13.3. The Kier molecular flexibility index (Phi) is 7.51. The molecule has 6 N–H and O–H groups in total. The van der Waals surface area contributed by atoms with Crippen molar-refractivity contribution in [1.29, 1.82) is 0 Å². The third-order valence-corrected chi connectivity index (χ3v) is 6.39. The number of H-pyrrole nitrogens is 1. The summed E-state index contributed by atoms with van der Waals surface area (Å²) in [5.41, 5.74) is 3.39. The summed E-state index contributed by atoms with van der Waals surface area (Å²) >= 11 is 0. The first-order valence-electron chi connectivity index (χ1n) is 11.7. The normalized spacial score (nSPS) is 14.2. The van der Waals surface area contributed by atoms with E-state index in [2.05, 4.69) is 15.3 Å². The zero-order chi connectivity index (χ0) is 26.0. The number of nitrogens with zero attached hydrogens (tertiary/aromatic N) is 2. The molecule has 0 saturated carbocycles. The number of aromatic nitrogens is 3. The number of aromatic amines is 1. The van der Waals surface area contributed by atoms with Crippen LogP contribution in [-0.2, 0) is 13.0 Å². The molecule has 0 bridgehead atoms. The van der Waals surface area contributed by atoms with E-state index in [4.69, 9.17) is 5.11 Å². The molecule has 0 spiro atoms. The Morgan fingerprint density at radius 1 is 1.08 bits per heavy atom. The number of fused-ring (bicyclic) bond motifs is 2. The van der Waals surface area contributed by atoms with Crippen molar-refractivity contribution in [2.75, 3.05) is 13.2 Å². The van der Waals surface area contributed by atoms with E-state index in [1.165, 1.54) is 4.57 Å². The van der Waals surface area contributed by atoms with Crippen molar-refractivity contribution in [2.24, 2.45) is 0 Å². The van der Waals surface area contributed by atoms with E-state index in [9.17, 15) is 24.9 Å². The molecule has 4 aromatic rings. The van der Waals surface area contributed by atoms with Crippen LogP contribution >= 0.6 is 0 Å². The average Bonchev–Trinajstić information content (AvgIpc) is 3.28. The molecule has 0 aliphatic heterocycles. The van der Waals surface area contributed by atoms with Gasteiger partial charge >= 0.3 is 0 Å². The Morgan fingerprint density at radius 3 is 2.53 bits per heavy atom. The number of amides is 1. The monoisotopic (exact) mass is 494 g/mol. The Hall–Kier alpha value is -3.57. The number of hydrogen-bond acceptors (Lipinski definition) is 7. The first-order valence-corrected chi connectivity index (χ1v) is 11.7. The topological polar surface area (TPSA) is 161 Å². The molecule has 2 heterocycles. The van der Waals surface area contributed by atoms with E-state index in [0.717, 1.165) is 27.7 Å². The van der Waals surface area contributed by atoms with Gasteiger partial charge in [0.05, 0.1) is 24.2 Å². The van der Waals surface area contributed by atoms with Crippen LogP contribution in [-0.4, -0.2) is 72.3 Å². The molecule has 2 aromatic heterocycles. The van der Waals surface area contributed by atoms with Crippen LogP contribution in [0.4, 0.5) is 0 Å². The van der Waals surface area contributed by atoms with Crippen LogP contribution in [0.2, 0.25) is 0 Å². The van der Waals surface area contributed by atoms with Crippen molar-refractivity contribution in [1.82, 2.24) is 19.9 Å². The number of hydrogen-bond donors (Lipinski definition) is 6. The standard InChI is InChI=1S/C26H30N4O6/c1-14-9-19-20(10-15(14)2)30(12-21(32)24(34)22(33)13-31)26(36)23(29-19)25(35)27-8-7-17-11-16-5-3-4-6-18(16)28-17/h3-6,9-11,21-22,24,28,31-34H,7-8,12-13H2,1-2H3,(H,27,35)/t21-,22+,24-/m0/s1. The smallest absolute Gasteiger partial charge is 0.282 e. The minimum absolute atomic E-state index is 0.266. The summed E-state index contributed by atoms with van der Waals surface area (Å²) in [6.45, 7) is 2.83. The van der Waals surface area contributed by atoms with Gasteiger partial charge < -0.3 is 35.3 Å². The lowest BCUT2D eigenvalue weighted by molar-refractivity contribution is -0.0805. The van der Waals surface area contributed by atoms with E-state index in [1.807, 2.05) is 44.2 Å². The van der Waals surface area contributed by atoms with Crippen LogP contribution in [0.3, 0.4) is 0 Å². The van der Waals surface area contributed by atoms with Crippen LogP contribution in [0.15, 0.2) is 47.3 Å². The van der Waals surface area contributed by atoms with Gasteiger partial charge in [-0.3, -0.25) is 9.59 Å². The van der Waals surface area contributed by atoms with Gasteiger partial charge in [-0.1, -0.05) is 18.2 Å². The second-order valence-electron chi connectivity index (χ2n) is 9.00. The van der Waals surface area contributed by atoms with Crippen LogP contribution < -0.4 is 10.9 Å². The molecule has 10 heteroatoms. The Bertz CT molecular complexity index is 1430. The summed E-state index contributed by atoms with van der Waals surface area (Å²) in [4.78, 5) is 33.9. The van der Waals surface area contributed by atoms with E-state index >= 15 is 0 Å². The van der Waals surface area contributed by atoms with Crippen molar-refractivity contribution in [3.05, 3.63) is 75.3 Å². The van der Waals surface area contributed by atoms with E-state index in [0.29, 0.717) is 17.5 Å². The summed E-state index contributed by atoms with van der Waals surface area (Å²) in [7, 11) is 0. The molecule has 0 fully saturated rings. The number of carbonyl (C=O) groups excluding carboxylic acids is 1. The van der Waals surface area contributed by atoms with Gasteiger partial charge in [0.2, 0.25) is 0 Å². The average molecular weight is 495 g/mol. The van der Waals surface area contributed by atoms with Crippen molar-refractivity contribution in [3.8, 4) is 0 Å². The van der Waals surface area contributed by atoms with Crippen molar-refractivity contribution in [3.63, 3.8) is 0 Å². The molecule has 0 aliphatic carbocycles. The predicted octanol–water partition coefficient (Wildman–Crippen LogP) is 0.542. The van der Waals surface area contributed by atoms with E-state index in [-0.39, 0.29) is 12.2 Å². The maximum Gasteiger partial charge on any atom is 0.282 e. The number of para-hydroxylation sites is 1. The molecule has 36 heavy (non-hydrogen) atoms.